The molecule has 0 spiro atoms. The van der Waals surface area contributed by atoms with E-state index in [1.54, 1.807) is 0 Å². The first-order valence-corrected chi connectivity index (χ1v) is 16.5. The van der Waals surface area contributed by atoms with Crippen molar-refractivity contribution in [2.75, 3.05) is 60.2 Å². The normalized spacial score (nSPS) is 43.4. The number of carbonyl (C=O) groups is 1. The zero-order chi connectivity index (χ0) is 29.2. The second kappa shape index (κ2) is 11.4. The van der Waals surface area contributed by atoms with Gasteiger partial charge in [-0.25, -0.2) is 15.9 Å². The molecule has 2 saturated carbocycles. The molecule has 3 N–H and O–H groups in total. The maximum atomic E-state index is 14.6. The summed E-state index contributed by atoms with van der Waals surface area (Å²) in [6.45, 7) is 5.01. The van der Waals surface area contributed by atoms with E-state index in [4.69, 9.17) is 4.74 Å². The van der Waals surface area contributed by atoms with E-state index < -0.39 is 23.9 Å². The molecule has 2 aliphatic carbocycles. The number of hydrogen-bond acceptors (Lipinski definition) is 8. The first kappa shape index (κ1) is 29.7. The lowest BCUT2D eigenvalue weighted by Crippen LogP contribution is -2.56. The Hall–Kier alpha value is -1.02. The fourth-order valence-corrected chi connectivity index (χ4v) is 10.1. The number of nitrogens with one attached hydrogen (secondary N) is 3. The summed E-state index contributed by atoms with van der Waals surface area (Å²) in [5.41, 5.74) is 10.1. The van der Waals surface area contributed by atoms with Gasteiger partial charge >= 0.3 is 6.18 Å². The van der Waals surface area contributed by atoms with Crippen molar-refractivity contribution in [3.8, 4) is 0 Å². The topological polar surface area (TPSA) is 75.4 Å². The number of likely N-dealkylation sites (N-methyl/N-ethyl adjacent to an activating group) is 1. The lowest BCUT2D eigenvalue weighted by Gasteiger charge is -2.52. The van der Waals surface area contributed by atoms with Crippen molar-refractivity contribution in [2.45, 2.75) is 88.3 Å². The van der Waals surface area contributed by atoms with Crippen molar-refractivity contribution in [1.29, 1.82) is 0 Å². The zero-order valence-corrected chi connectivity index (χ0v) is 25.2. The minimum Gasteiger partial charge on any atom is -0.380 e. The Balaban J connectivity index is 1.04. The maximum absolute atomic E-state index is 14.6. The molecule has 5 saturated heterocycles. The van der Waals surface area contributed by atoms with Crippen molar-refractivity contribution >= 4 is 5.91 Å². The quantitative estimate of drug-likeness (QED) is 0.431. The van der Waals surface area contributed by atoms with Crippen LogP contribution in [0.2, 0.25) is 0 Å². The van der Waals surface area contributed by atoms with E-state index >= 15 is 0 Å². The molecular weight excluding hydrogens is 547 g/mol. The summed E-state index contributed by atoms with van der Waals surface area (Å²) < 4.78 is 49.6. The number of alkyl halides is 3. The number of piperidine rings is 1. The van der Waals surface area contributed by atoms with Crippen LogP contribution in [0.25, 0.3) is 0 Å². The Bertz CT molecular complexity index is 998. The van der Waals surface area contributed by atoms with Gasteiger partial charge in [0.1, 0.15) is 0 Å². The highest BCUT2D eigenvalue weighted by molar-refractivity contribution is 5.82. The maximum Gasteiger partial charge on any atom is 0.392 e. The molecule has 7 rings (SSSR count). The Kier molecular flexibility index (Phi) is 8.06. The second-order valence-corrected chi connectivity index (χ2v) is 14.8. The van der Waals surface area contributed by atoms with Crippen LogP contribution in [0.15, 0.2) is 0 Å². The molecule has 9 atom stereocenters. The van der Waals surface area contributed by atoms with E-state index in [1.165, 1.54) is 0 Å². The number of halogens is 3. The number of nitrogens with zero attached hydrogens (tertiary/aromatic N) is 4. The lowest BCUT2D eigenvalue weighted by atomic mass is 9.64. The first-order valence-electron chi connectivity index (χ1n) is 16.5. The van der Waals surface area contributed by atoms with Gasteiger partial charge in [-0.05, 0) is 82.7 Å². The SMILES string of the molecule is CN1CNNC1CC1(C2CCCC(N3CC4C(CC(CN5CCCC6C5CNN6C)CC4C(F)(F)F)C3=O)C2)COC1. The van der Waals surface area contributed by atoms with Crippen molar-refractivity contribution < 1.29 is 22.7 Å². The fraction of sp³-hybridized carbons (Fsp3) is 0.967. The van der Waals surface area contributed by atoms with Gasteiger partial charge in [-0.1, -0.05) is 6.42 Å². The molecule has 9 unspecified atom stereocenters. The number of carbonyl (C=O) groups excluding carboxylic acids is 1. The second-order valence-electron chi connectivity index (χ2n) is 14.8. The lowest BCUT2D eigenvalue weighted by molar-refractivity contribution is -0.204. The van der Waals surface area contributed by atoms with Gasteiger partial charge in [-0.15, -0.1) is 0 Å². The van der Waals surface area contributed by atoms with E-state index in [0.29, 0.717) is 31.0 Å². The van der Waals surface area contributed by atoms with Gasteiger partial charge in [0, 0.05) is 56.1 Å². The molecule has 0 radical (unpaired) electrons. The van der Waals surface area contributed by atoms with E-state index in [-0.39, 0.29) is 42.4 Å². The highest BCUT2D eigenvalue weighted by Crippen LogP contribution is 2.53. The molecule has 7 fully saturated rings. The Morgan fingerprint density at radius 1 is 1.05 bits per heavy atom. The standard InChI is InChI=1S/C30H50F3N7O2/c1-37-18-34-36-27(37)12-29(16-42-17-29)20-5-3-6-21(11-20)40-15-23-22(28(40)41)9-19(10-24(23)30(31,32)33)14-39-8-4-7-25-26(39)13-35-38(25)2/h19-27,34-36H,3-18H2,1-2H3. The molecule has 0 aromatic rings. The van der Waals surface area contributed by atoms with Crippen LogP contribution in [-0.2, 0) is 9.53 Å². The third-order valence-electron chi connectivity index (χ3n) is 12.5. The van der Waals surface area contributed by atoms with Crippen LogP contribution in [-0.4, -0.2) is 116 Å². The molecule has 7 aliphatic rings. The molecule has 238 valence electrons. The predicted octanol–water partition coefficient (Wildman–Crippen LogP) is 2.22. The number of hydrazine groups is 2. The van der Waals surface area contributed by atoms with Crippen LogP contribution in [0.1, 0.15) is 57.8 Å². The van der Waals surface area contributed by atoms with E-state index in [2.05, 4.69) is 45.2 Å². The van der Waals surface area contributed by atoms with E-state index in [1.807, 2.05) is 4.90 Å². The van der Waals surface area contributed by atoms with Gasteiger partial charge in [0.2, 0.25) is 5.91 Å². The number of likely N-dealkylation sites (tertiary alicyclic amines) is 2. The number of amides is 1. The summed E-state index contributed by atoms with van der Waals surface area (Å²) in [5.74, 6) is -2.15. The minimum absolute atomic E-state index is 0.00342. The van der Waals surface area contributed by atoms with Crippen molar-refractivity contribution in [2.24, 2.45) is 35.0 Å². The number of ether oxygens (including phenoxy) is 1. The first-order chi connectivity index (χ1) is 20.1. The largest absolute Gasteiger partial charge is 0.392 e. The molecule has 1 amide bonds. The van der Waals surface area contributed by atoms with Gasteiger partial charge < -0.3 is 9.64 Å². The minimum atomic E-state index is -4.27. The number of hydrogen-bond donors (Lipinski definition) is 3. The van der Waals surface area contributed by atoms with Crippen molar-refractivity contribution in [3.05, 3.63) is 0 Å². The summed E-state index contributed by atoms with van der Waals surface area (Å²) >= 11 is 0. The van der Waals surface area contributed by atoms with Crippen LogP contribution in [0.3, 0.4) is 0 Å². The van der Waals surface area contributed by atoms with Crippen LogP contribution in [0, 0.1) is 35.0 Å². The molecule has 0 aromatic carbocycles. The van der Waals surface area contributed by atoms with Gasteiger partial charge in [0.25, 0.3) is 0 Å². The summed E-state index contributed by atoms with van der Waals surface area (Å²) in [7, 11) is 4.18. The molecule has 5 aliphatic heterocycles. The molecule has 0 bridgehead atoms. The third-order valence-corrected chi connectivity index (χ3v) is 12.5. The highest BCUT2D eigenvalue weighted by atomic mass is 19.4. The molecule has 5 heterocycles. The zero-order valence-electron chi connectivity index (χ0n) is 25.2. The average molecular weight is 598 g/mol. The Morgan fingerprint density at radius 2 is 1.88 bits per heavy atom. The van der Waals surface area contributed by atoms with Crippen LogP contribution in [0.4, 0.5) is 13.2 Å². The van der Waals surface area contributed by atoms with Gasteiger partial charge in [-0.3, -0.25) is 20.0 Å². The third kappa shape index (κ3) is 5.30. The predicted molar refractivity (Wildman–Crippen MR) is 151 cm³/mol. The monoisotopic (exact) mass is 597 g/mol. The molecule has 9 nitrogen and oxygen atoms in total. The molecule has 42 heavy (non-hydrogen) atoms. The summed E-state index contributed by atoms with van der Waals surface area (Å²) in [6.07, 6.45) is 3.82. The Morgan fingerprint density at radius 3 is 2.60 bits per heavy atom. The molecule has 0 aromatic heterocycles. The Labute approximate surface area is 248 Å². The fourth-order valence-electron chi connectivity index (χ4n) is 10.1. The van der Waals surface area contributed by atoms with Crippen molar-refractivity contribution in [1.82, 2.24) is 36.0 Å². The van der Waals surface area contributed by atoms with Crippen molar-refractivity contribution in [3.63, 3.8) is 0 Å². The van der Waals surface area contributed by atoms with Crippen LogP contribution >= 0.6 is 0 Å². The summed E-state index contributed by atoms with van der Waals surface area (Å²) in [5, 5.41) is 2.18. The summed E-state index contributed by atoms with van der Waals surface area (Å²) in [6, 6.07) is 0.808. The number of fused-ring (bicyclic) bond motifs is 2. The average Bonchev–Trinajstić information content (AvgIpc) is 3.63. The van der Waals surface area contributed by atoms with Crippen LogP contribution < -0.4 is 16.3 Å². The summed E-state index contributed by atoms with van der Waals surface area (Å²) in [4.78, 5) is 20.6. The van der Waals surface area contributed by atoms with Gasteiger partial charge in [-0.2, -0.15) is 13.2 Å². The van der Waals surface area contributed by atoms with Gasteiger partial charge in [0.15, 0.2) is 0 Å². The van der Waals surface area contributed by atoms with Gasteiger partial charge in [0.05, 0.1) is 32.0 Å². The van der Waals surface area contributed by atoms with E-state index in [0.717, 1.165) is 77.9 Å². The van der Waals surface area contributed by atoms with Crippen LogP contribution in [0.5, 0.6) is 0 Å². The highest BCUT2D eigenvalue weighted by Gasteiger charge is 2.59. The van der Waals surface area contributed by atoms with E-state index in [9.17, 15) is 18.0 Å². The smallest absolute Gasteiger partial charge is 0.380 e. The molecule has 12 heteroatoms. The number of rotatable bonds is 6. The molecular formula is C30H50F3N7O2.